The zero-order valence-electron chi connectivity index (χ0n) is 15.3. The standard InChI is InChI=1S/C17H19BrN6O3/c1-8(2)13-12(18)14(22-21-13)16(25)20-17-19-15(23-24-17)10-6-5-9(26-3)7-11(10)27-4/h5-8H,1-4H3,(H,21,22)(H2,19,20,23,24,25). The fourth-order valence-electron chi connectivity index (χ4n) is 2.47. The summed E-state index contributed by atoms with van der Waals surface area (Å²) in [5, 5.41) is 16.4. The normalized spacial score (nSPS) is 10.9. The minimum Gasteiger partial charge on any atom is -0.497 e. The highest BCUT2D eigenvalue weighted by Crippen LogP contribution is 2.31. The minimum absolute atomic E-state index is 0.133. The van der Waals surface area contributed by atoms with Crippen LogP contribution in [-0.4, -0.2) is 45.5 Å². The summed E-state index contributed by atoms with van der Waals surface area (Å²) in [6.07, 6.45) is 0. The molecular weight excluding hydrogens is 416 g/mol. The molecule has 0 bridgehead atoms. The van der Waals surface area contributed by atoms with Crippen molar-refractivity contribution in [2.75, 3.05) is 19.5 Å². The molecule has 0 saturated carbocycles. The molecule has 1 amide bonds. The van der Waals surface area contributed by atoms with Crippen LogP contribution in [0.5, 0.6) is 11.5 Å². The van der Waals surface area contributed by atoms with Gasteiger partial charge in [-0.3, -0.25) is 20.3 Å². The van der Waals surface area contributed by atoms with E-state index in [2.05, 4.69) is 46.6 Å². The van der Waals surface area contributed by atoms with Crippen molar-refractivity contribution in [1.82, 2.24) is 25.4 Å². The van der Waals surface area contributed by atoms with Crippen molar-refractivity contribution in [3.05, 3.63) is 34.1 Å². The Morgan fingerprint density at radius 3 is 2.59 bits per heavy atom. The van der Waals surface area contributed by atoms with Crippen LogP contribution in [0.25, 0.3) is 11.4 Å². The molecule has 0 saturated heterocycles. The summed E-state index contributed by atoms with van der Waals surface area (Å²) in [5.74, 6) is 1.60. The van der Waals surface area contributed by atoms with E-state index in [0.29, 0.717) is 27.4 Å². The van der Waals surface area contributed by atoms with Gasteiger partial charge in [0.05, 0.1) is 29.9 Å². The van der Waals surface area contributed by atoms with E-state index in [0.717, 1.165) is 5.69 Å². The van der Waals surface area contributed by atoms with Crippen LogP contribution in [0.1, 0.15) is 35.9 Å². The Kier molecular flexibility index (Phi) is 5.45. The molecular formula is C17H19BrN6O3. The molecule has 0 spiro atoms. The molecule has 142 valence electrons. The SMILES string of the molecule is COc1ccc(-c2nc(NC(=O)c3n[nH]c(C(C)C)c3Br)n[nH]2)c(OC)c1. The third-order valence-corrected chi connectivity index (χ3v) is 4.70. The molecule has 2 heterocycles. The van der Waals surface area contributed by atoms with Crippen LogP contribution in [0.3, 0.4) is 0 Å². The maximum Gasteiger partial charge on any atom is 0.279 e. The number of anilines is 1. The molecule has 3 N–H and O–H groups in total. The first-order chi connectivity index (χ1) is 12.9. The van der Waals surface area contributed by atoms with Crippen LogP contribution in [0, 0.1) is 0 Å². The lowest BCUT2D eigenvalue weighted by molar-refractivity contribution is 0.102. The molecule has 27 heavy (non-hydrogen) atoms. The number of hydrogen-bond donors (Lipinski definition) is 3. The Morgan fingerprint density at radius 2 is 1.96 bits per heavy atom. The molecule has 10 heteroatoms. The highest BCUT2D eigenvalue weighted by atomic mass is 79.9. The monoisotopic (exact) mass is 434 g/mol. The molecule has 0 aliphatic rings. The molecule has 2 aromatic heterocycles. The highest BCUT2D eigenvalue weighted by Gasteiger charge is 2.21. The molecule has 3 rings (SSSR count). The third-order valence-electron chi connectivity index (χ3n) is 3.90. The molecule has 0 unspecified atom stereocenters. The zero-order chi connectivity index (χ0) is 19.6. The van der Waals surface area contributed by atoms with Crippen LogP contribution in [0.15, 0.2) is 22.7 Å². The van der Waals surface area contributed by atoms with Crippen molar-refractivity contribution in [2.24, 2.45) is 0 Å². The van der Waals surface area contributed by atoms with E-state index in [1.807, 2.05) is 13.8 Å². The predicted molar refractivity (Wildman–Crippen MR) is 103 cm³/mol. The molecule has 0 radical (unpaired) electrons. The van der Waals surface area contributed by atoms with Gasteiger partial charge in [0, 0.05) is 6.07 Å². The number of nitrogens with zero attached hydrogens (tertiary/aromatic N) is 3. The summed E-state index contributed by atoms with van der Waals surface area (Å²) in [6.45, 7) is 4.01. The fraction of sp³-hybridized carbons (Fsp3) is 0.294. The average molecular weight is 435 g/mol. The van der Waals surface area contributed by atoms with Crippen molar-refractivity contribution < 1.29 is 14.3 Å². The number of methoxy groups -OCH3 is 2. The van der Waals surface area contributed by atoms with Gasteiger partial charge in [0.25, 0.3) is 5.91 Å². The van der Waals surface area contributed by atoms with Crippen LogP contribution in [0.2, 0.25) is 0 Å². The summed E-state index contributed by atoms with van der Waals surface area (Å²) in [7, 11) is 3.13. The van der Waals surface area contributed by atoms with Gasteiger partial charge in [-0.15, -0.1) is 5.10 Å². The maximum atomic E-state index is 12.5. The molecule has 9 nitrogen and oxygen atoms in total. The lowest BCUT2D eigenvalue weighted by Gasteiger charge is -2.07. The highest BCUT2D eigenvalue weighted by molar-refractivity contribution is 9.10. The first-order valence-electron chi connectivity index (χ1n) is 8.14. The molecule has 0 aliphatic heterocycles. The van der Waals surface area contributed by atoms with Crippen molar-refractivity contribution in [2.45, 2.75) is 19.8 Å². The smallest absolute Gasteiger partial charge is 0.279 e. The van der Waals surface area contributed by atoms with Crippen LogP contribution in [0.4, 0.5) is 5.95 Å². The van der Waals surface area contributed by atoms with E-state index in [1.165, 1.54) is 0 Å². The second-order valence-corrected chi connectivity index (χ2v) is 6.78. The number of aromatic amines is 2. The maximum absolute atomic E-state index is 12.5. The second-order valence-electron chi connectivity index (χ2n) is 5.98. The van der Waals surface area contributed by atoms with Crippen molar-refractivity contribution >= 4 is 27.8 Å². The van der Waals surface area contributed by atoms with E-state index in [-0.39, 0.29) is 17.6 Å². The van der Waals surface area contributed by atoms with Gasteiger partial charge in [0.2, 0.25) is 5.95 Å². The molecule has 0 atom stereocenters. The van der Waals surface area contributed by atoms with Gasteiger partial charge < -0.3 is 9.47 Å². The summed E-state index contributed by atoms with van der Waals surface area (Å²) in [4.78, 5) is 16.8. The topological polar surface area (TPSA) is 118 Å². The Hall–Kier alpha value is -2.88. The minimum atomic E-state index is -0.419. The predicted octanol–water partition coefficient (Wildman–Crippen LogP) is 3.35. The first kappa shape index (κ1) is 18.9. The Morgan fingerprint density at radius 1 is 1.19 bits per heavy atom. The van der Waals surface area contributed by atoms with Crippen molar-refractivity contribution in [3.8, 4) is 22.9 Å². The van der Waals surface area contributed by atoms with E-state index in [4.69, 9.17) is 9.47 Å². The number of carbonyl (C=O) groups is 1. The van der Waals surface area contributed by atoms with Gasteiger partial charge >= 0.3 is 0 Å². The van der Waals surface area contributed by atoms with E-state index in [9.17, 15) is 4.79 Å². The van der Waals surface area contributed by atoms with Crippen molar-refractivity contribution in [3.63, 3.8) is 0 Å². The van der Waals surface area contributed by atoms with Crippen molar-refractivity contribution in [1.29, 1.82) is 0 Å². The van der Waals surface area contributed by atoms with Gasteiger partial charge in [-0.1, -0.05) is 13.8 Å². The second kappa shape index (κ2) is 7.78. The van der Waals surface area contributed by atoms with Gasteiger partial charge in [-0.25, -0.2) is 0 Å². The largest absolute Gasteiger partial charge is 0.497 e. The number of rotatable bonds is 6. The Labute approximate surface area is 164 Å². The number of amides is 1. The quantitative estimate of drug-likeness (QED) is 0.547. The summed E-state index contributed by atoms with van der Waals surface area (Å²) >= 11 is 3.41. The number of aromatic nitrogens is 5. The molecule has 3 aromatic rings. The Balaban J connectivity index is 1.82. The van der Waals surface area contributed by atoms with E-state index >= 15 is 0 Å². The average Bonchev–Trinajstić information content (AvgIpc) is 3.27. The van der Waals surface area contributed by atoms with Crippen LogP contribution in [-0.2, 0) is 0 Å². The molecule has 0 aliphatic carbocycles. The fourth-order valence-corrected chi connectivity index (χ4v) is 3.28. The van der Waals surface area contributed by atoms with E-state index in [1.54, 1.807) is 32.4 Å². The molecule has 0 fully saturated rings. The lowest BCUT2D eigenvalue weighted by atomic mass is 10.1. The lowest BCUT2D eigenvalue weighted by Crippen LogP contribution is -2.14. The van der Waals surface area contributed by atoms with Crippen LogP contribution >= 0.6 is 15.9 Å². The van der Waals surface area contributed by atoms with Gasteiger partial charge in [-0.05, 0) is 34.0 Å². The number of benzene rings is 1. The van der Waals surface area contributed by atoms with Gasteiger partial charge in [-0.2, -0.15) is 10.1 Å². The summed E-state index contributed by atoms with van der Waals surface area (Å²) in [6, 6.07) is 5.32. The number of nitrogens with one attached hydrogen (secondary N) is 3. The van der Waals surface area contributed by atoms with E-state index < -0.39 is 5.91 Å². The third kappa shape index (κ3) is 3.80. The van der Waals surface area contributed by atoms with Gasteiger partial charge in [0.15, 0.2) is 11.5 Å². The van der Waals surface area contributed by atoms with Crippen LogP contribution < -0.4 is 14.8 Å². The zero-order valence-corrected chi connectivity index (χ0v) is 16.8. The van der Waals surface area contributed by atoms with Gasteiger partial charge in [0.1, 0.15) is 11.5 Å². The number of ether oxygens (including phenoxy) is 2. The summed E-state index contributed by atoms with van der Waals surface area (Å²) in [5.41, 5.74) is 1.78. The Bertz CT molecular complexity index is 965. The number of carbonyl (C=O) groups excluding carboxylic acids is 1. The number of halogens is 1. The number of hydrogen-bond acceptors (Lipinski definition) is 6. The molecule has 1 aromatic carbocycles. The summed E-state index contributed by atoms with van der Waals surface area (Å²) < 4.78 is 11.2. The first-order valence-corrected chi connectivity index (χ1v) is 8.93. The number of H-pyrrole nitrogens is 2.